The van der Waals surface area contributed by atoms with Gasteiger partial charge < -0.3 is 9.47 Å². The van der Waals surface area contributed by atoms with E-state index in [9.17, 15) is 0 Å². The van der Waals surface area contributed by atoms with Gasteiger partial charge in [-0.25, -0.2) is 0 Å². The van der Waals surface area contributed by atoms with Crippen molar-refractivity contribution in [1.82, 2.24) is 0 Å². The van der Waals surface area contributed by atoms with Crippen LogP contribution in [0.4, 0.5) is 0 Å². The van der Waals surface area contributed by atoms with E-state index in [4.69, 9.17) is 9.47 Å². The predicted molar refractivity (Wildman–Crippen MR) is 121 cm³/mol. The molecule has 0 unspecified atom stereocenters. The molecule has 28 heavy (non-hydrogen) atoms. The van der Waals surface area contributed by atoms with Gasteiger partial charge in [-0.15, -0.1) is 13.2 Å². The Morgan fingerprint density at radius 1 is 0.679 bits per heavy atom. The Kier molecular flexibility index (Phi) is 6.76. The summed E-state index contributed by atoms with van der Waals surface area (Å²) < 4.78 is 12.6. The van der Waals surface area contributed by atoms with Crippen LogP contribution in [0.15, 0.2) is 61.7 Å². The SMILES string of the molecule is C=CCCOc1c2ccc(CC)cc2c(OCCC=C)c2ccc(CC)cc12. The number of ether oxygens (including phenoxy) is 2. The third kappa shape index (κ3) is 4.06. The molecule has 0 amide bonds. The van der Waals surface area contributed by atoms with E-state index >= 15 is 0 Å². The third-order valence-electron chi connectivity index (χ3n) is 5.10. The Bertz CT molecular complexity index is 903. The standard InChI is InChI=1S/C26H30O2/c1-5-9-15-27-25-21-13-11-20(8-4)18-24(21)26(28-16-10-6-2)22-14-12-19(7-3)17-23(22)25/h5-6,11-14,17-18H,1-2,7-10,15-16H2,3-4H3. The molecule has 3 rings (SSSR count). The minimum Gasteiger partial charge on any atom is -0.492 e. The van der Waals surface area contributed by atoms with E-state index in [-0.39, 0.29) is 0 Å². The maximum Gasteiger partial charge on any atom is 0.135 e. The van der Waals surface area contributed by atoms with Crippen LogP contribution in [0.3, 0.4) is 0 Å². The fraction of sp³-hybridized carbons (Fsp3) is 0.308. The normalized spacial score (nSPS) is 10.9. The minimum absolute atomic E-state index is 0.621. The Morgan fingerprint density at radius 2 is 1.11 bits per heavy atom. The second kappa shape index (κ2) is 9.45. The zero-order valence-corrected chi connectivity index (χ0v) is 17.1. The van der Waals surface area contributed by atoms with Crippen molar-refractivity contribution in [3.63, 3.8) is 0 Å². The van der Waals surface area contributed by atoms with E-state index in [1.54, 1.807) is 0 Å². The zero-order chi connectivity index (χ0) is 19.9. The summed E-state index contributed by atoms with van der Waals surface area (Å²) in [5.74, 6) is 1.89. The highest BCUT2D eigenvalue weighted by Crippen LogP contribution is 2.43. The third-order valence-corrected chi connectivity index (χ3v) is 5.10. The molecule has 0 saturated heterocycles. The average molecular weight is 375 g/mol. The maximum atomic E-state index is 6.28. The molecule has 0 saturated carbocycles. The number of hydrogen-bond acceptors (Lipinski definition) is 2. The van der Waals surface area contributed by atoms with Crippen LogP contribution in [-0.4, -0.2) is 13.2 Å². The van der Waals surface area contributed by atoms with Gasteiger partial charge in [0.05, 0.1) is 13.2 Å². The van der Waals surface area contributed by atoms with Gasteiger partial charge in [-0.1, -0.05) is 50.3 Å². The van der Waals surface area contributed by atoms with Crippen molar-refractivity contribution in [3.05, 3.63) is 72.8 Å². The van der Waals surface area contributed by atoms with Gasteiger partial charge in [0.15, 0.2) is 0 Å². The molecule has 0 aliphatic carbocycles. The van der Waals surface area contributed by atoms with Gasteiger partial charge in [0.25, 0.3) is 0 Å². The van der Waals surface area contributed by atoms with Crippen LogP contribution in [0, 0.1) is 0 Å². The number of aryl methyl sites for hydroxylation is 2. The van der Waals surface area contributed by atoms with Crippen molar-refractivity contribution in [2.24, 2.45) is 0 Å². The molecule has 0 bridgehead atoms. The van der Waals surface area contributed by atoms with Crippen molar-refractivity contribution >= 4 is 21.5 Å². The summed E-state index contributed by atoms with van der Waals surface area (Å²) in [6.07, 6.45) is 7.40. The molecule has 0 fully saturated rings. The van der Waals surface area contributed by atoms with Crippen LogP contribution in [-0.2, 0) is 12.8 Å². The lowest BCUT2D eigenvalue weighted by Gasteiger charge is -2.19. The monoisotopic (exact) mass is 374 g/mol. The molecule has 0 aliphatic rings. The van der Waals surface area contributed by atoms with Gasteiger partial charge in [-0.2, -0.15) is 0 Å². The van der Waals surface area contributed by atoms with Crippen LogP contribution in [0.1, 0.15) is 37.8 Å². The Hall–Kier alpha value is -2.74. The Morgan fingerprint density at radius 3 is 1.46 bits per heavy atom. The summed E-state index contributed by atoms with van der Waals surface area (Å²) in [4.78, 5) is 0. The van der Waals surface area contributed by atoms with E-state index in [1.807, 2.05) is 12.2 Å². The van der Waals surface area contributed by atoms with E-state index in [2.05, 4.69) is 63.4 Å². The molecule has 0 aromatic heterocycles. The molecule has 2 heteroatoms. The molecule has 0 aliphatic heterocycles. The Balaban J connectivity index is 2.30. The fourth-order valence-corrected chi connectivity index (χ4v) is 3.48. The second-order valence-electron chi connectivity index (χ2n) is 6.98. The van der Waals surface area contributed by atoms with Crippen molar-refractivity contribution in [2.75, 3.05) is 13.2 Å². The zero-order valence-electron chi connectivity index (χ0n) is 17.1. The molecular weight excluding hydrogens is 344 g/mol. The molecule has 0 heterocycles. The average Bonchev–Trinajstić information content (AvgIpc) is 2.74. The van der Waals surface area contributed by atoms with Crippen molar-refractivity contribution in [3.8, 4) is 11.5 Å². The van der Waals surface area contributed by atoms with Gasteiger partial charge in [-0.05, 0) is 48.9 Å². The van der Waals surface area contributed by atoms with E-state index < -0.39 is 0 Å². The predicted octanol–water partition coefficient (Wildman–Crippen LogP) is 7.03. The molecular formula is C26H30O2. The number of fused-ring (bicyclic) bond motifs is 2. The smallest absolute Gasteiger partial charge is 0.135 e. The van der Waals surface area contributed by atoms with Crippen LogP contribution < -0.4 is 9.47 Å². The molecule has 0 N–H and O–H groups in total. The molecule has 3 aromatic rings. The summed E-state index contributed by atoms with van der Waals surface area (Å²) in [5, 5.41) is 4.45. The van der Waals surface area contributed by atoms with Gasteiger partial charge in [0, 0.05) is 21.5 Å². The summed E-state index contributed by atoms with van der Waals surface area (Å²) in [6, 6.07) is 13.2. The number of benzene rings is 3. The molecule has 0 radical (unpaired) electrons. The molecule has 3 aromatic carbocycles. The highest BCUT2D eigenvalue weighted by Gasteiger charge is 2.17. The van der Waals surface area contributed by atoms with Crippen LogP contribution in [0.25, 0.3) is 21.5 Å². The second-order valence-corrected chi connectivity index (χ2v) is 6.98. The van der Waals surface area contributed by atoms with E-state index in [0.717, 1.165) is 58.7 Å². The summed E-state index contributed by atoms with van der Waals surface area (Å²) >= 11 is 0. The first kappa shape index (κ1) is 20.0. The first-order valence-corrected chi connectivity index (χ1v) is 10.2. The van der Waals surface area contributed by atoms with Crippen LogP contribution in [0.2, 0.25) is 0 Å². The topological polar surface area (TPSA) is 18.5 Å². The lowest BCUT2D eigenvalue weighted by atomic mass is 9.96. The van der Waals surface area contributed by atoms with E-state index in [1.165, 1.54) is 11.1 Å². The van der Waals surface area contributed by atoms with Crippen LogP contribution >= 0.6 is 0 Å². The molecule has 2 nitrogen and oxygen atoms in total. The lowest BCUT2D eigenvalue weighted by Crippen LogP contribution is -2.02. The van der Waals surface area contributed by atoms with E-state index in [0.29, 0.717) is 13.2 Å². The van der Waals surface area contributed by atoms with Crippen molar-refractivity contribution in [2.45, 2.75) is 39.5 Å². The van der Waals surface area contributed by atoms with Gasteiger partial charge in [-0.3, -0.25) is 0 Å². The summed E-state index contributed by atoms with van der Waals surface area (Å²) in [7, 11) is 0. The molecule has 146 valence electrons. The quantitative estimate of drug-likeness (QED) is 0.215. The first-order chi connectivity index (χ1) is 13.7. The van der Waals surface area contributed by atoms with Gasteiger partial charge in [0.2, 0.25) is 0 Å². The largest absolute Gasteiger partial charge is 0.492 e. The number of rotatable bonds is 10. The first-order valence-electron chi connectivity index (χ1n) is 10.2. The minimum atomic E-state index is 0.621. The summed E-state index contributed by atoms with van der Waals surface area (Å²) in [6.45, 7) is 13.2. The molecule has 0 spiro atoms. The van der Waals surface area contributed by atoms with Crippen LogP contribution in [0.5, 0.6) is 11.5 Å². The maximum absolute atomic E-state index is 6.28. The highest BCUT2D eigenvalue weighted by atomic mass is 16.5. The number of hydrogen-bond donors (Lipinski definition) is 0. The highest BCUT2D eigenvalue weighted by molar-refractivity contribution is 6.11. The molecule has 0 atom stereocenters. The van der Waals surface area contributed by atoms with Gasteiger partial charge in [0.1, 0.15) is 11.5 Å². The lowest BCUT2D eigenvalue weighted by molar-refractivity contribution is 0.327. The summed E-state index contributed by atoms with van der Waals surface area (Å²) in [5.41, 5.74) is 2.59. The van der Waals surface area contributed by atoms with Crippen molar-refractivity contribution in [1.29, 1.82) is 0 Å². The van der Waals surface area contributed by atoms with Crippen molar-refractivity contribution < 1.29 is 9.47 Å². The van der Waals surface area contributed by atoms with Gasteiger partial charge >= 0.3 is 0 Å². The fourth-order valence-electron chi connectivity index (χ4n) is 3.48. The Labute approximate surface area is 168 Å².